The number of amides is 1. The molecule has 0 heterocycles. The summed E-state index contributed by atoms with van der Waals surface area (Å²) in [6, 6.07) is 12.6. The van der Waals surface area contributed by atoms with Crippen molar-refractivity contribution in [3.8, 4) is 11.1 Å². The lowest BCUT2D eigenvalue weighted by Gasteiger charge is -2.23. The van der Waals surface area contributed by atoms with Crippen molar-refractivity contribution in [3.05, 3.63) is 59.7 Å². The van der Waals surface area contributed by atoms with E-state index in [0.717, 1.165) is 22.3 Å². The molecular formula is C22H24FNO4. The van der Waals surface area contributed by atoms with Gasteiger partial charge in [-0.15, -0.1) is 0 Å². The minimum Gasteiger partial charge on any atom is -0.449 e. The predicted octanol–water partition coefficient (Wildman–Crippen LogP) is 4.20. The third kappa shape index (κ3) is 4.57. The molecule has 0 unspecified atom stereocenters. The Hall–Kier alpha value is -2.73. The summed E-state index contributed by atoms with van der Waals surface area (Å²) < 4.78 is 31.3. The number of carbonyl (C=O) groups excluding carboxylic acids is 2. The zero-order valence-electron chi connectivity index (χ0n) is 16.9. The van der Waals surface area contributed by atoms with Gasteiger partial charge in [-0.25, -0.2) is 4.79 Å². The highest BCUT2D eigenvalue weighted by molar-refractivity contribution is 5.81. The summed E-state index contributed by atoms with van der Waals surface area (Å²) in [5.74, 6) is -0.133. The van der Waals surface area contributed by atoms with E-state index in [0.29, 0.717) is 0 Å². The highest BCUT2D eigenvalue weighted by Crippen LogP contribution is 2.44. The summed E-state index contributed by atoms with van der Waals surface area (Å²) >= 11 is 0. The van der Waals surface area contributed by atoms with Gasteiger partial charge >= 0.3 is 12.1 Å². The first-order chi connectivity index (χ1) is 13.8. The number of carbonyl (C=O) groups is 2. The second-order valence-electron chi connectivity index (χ2n) is 7.40. The van der Waals surface area contributed by atoms with Crippen LogP contribution in [-0.2, 0) is 14.3 Å². The SMILES string of the molecule is [2H]CC(C)(C)OC[C@H](NC(=O)OCC1c2ccccc2-c2ccccc21)C(=O)F. The minimum absolute atomic E-state index is 0.0616. The Morgan fingerprint density at radius 1 is 1.14 bits per heavy atom. The second-order valence-corrected chi connectivity index (χ2v) is 7.40. The fraction of sp³-hybridized carbons (Fsp3) is 0.364. The Morgan fingerprint density at radius 2 is 1.71 bits per heavy atom. The number of nitrogens with one attached hydrogen (secondary N) is 1. The topological polar surface area (TPSA) is 64.6 Å². The van der Waals surface area contributed by atoms with Crippen LogP contribution in [0.2, 0.25) is 0 Å². The number of rotatable bonds is 6. The standard InChI is InChI=1S/C22H24FNO4/c1-22(2,3)28-13-19(20(23)25)24-21(26)27-12-18-16-10-6-4-8-14(16)15-9-5-7-11-17(15)18/h4-11,18-19H,12-13H2,1-3H3,(H,24,26)/t19-/m0/s1/i1D. The van der Waals surface area contributed by atoms with Crippen LogP contribution in [-0.4, -0.2) is 37.0 Å². The van der Waals surface area contributed by atoms with E-state index in [9.17, 15) is 14.0 Å². The summed E-state index contributed by atoms with van der Waals surface area (Å²) in [4.78, 5) is 23.4. The van der Waals surface area contributed by atoms with E-state index < -0.39 is 23.8 Å². The molecule has 2 aromatic carbocycles. The van der Waals surface area contributed by atoms with Gasteiger partial charge in [-0.1, -0.05) is 48.5 Å². The lowest BCUT2D eigenvalue weighted by molar-refractivity contribution is -0.134. The van der Waals surface area contributed by atoms with Crippen LogP contribution >= 0.6 is 0 Å². The minimum atomic E-state index is -1.72. The van der Waals surface area contributed by atoms with Crippen molar-refractivity contribution >= 4 is 12.1 Å². The number of hydrogen-bond acceptors (Lipinski definition) is 4. The Morgan fingerprint density at radius 3 is 2.25 bits per heavy atom. The van der Waals surface area contributed by atoms with Gasteiger partial charge < -0.3 is 14.8 Å². The Kier molecular flexibility index (Phi) is 5.39. The van der Waals surface area contributed by atoms with Crippen LogP contribution in [0.15, 0.2) is 48.5 Å². The first-order valence-electron chi connectivity index (χ1n) is 9.77. The molecular weight excluding hydrogens is 361 g/mol. The molecule has 0 aliphatic heterocycles. The van der Waals surface area contributed by atoms with Crippen LogP contribution in [0.1, 0.15) is 39.2 Å². The molecule has 1 aliphatic carbocycles. The lowest BCUT2D eigenvalue weighted by atomic mass is 9.98. The van der Waals surface area contributed by atoms with Gasteiger partial charge in [0.15, 0.2) is 0 Å². The summed E-state index contributed by atoms with van der Waals surface area (Å²) in [5.41, 5.74) is 3.46. The molecule has 3 rings (SSSR count). The van der Waals surface area contributed by atoms with Crippen LogP contribution in [0.25, 0.3) is 11.1 Å². The van der Waals surface area contributed by atoms with E-state index in [1.807, 2.05) is 48.5 Å². The summed E-state index contributed by atoms with van der Waals surface area (Å²) in [6.45, 7) is 2.92. The molecule has 1 aliphatic rings. The van der Waals surface area contributed by atoms with Crippen molar-refractivity contribution in [1.29, 1.82) is 0 Å². The van der Waals surface area contributed by atoms with E-state index in [1.165, 1.54) is 0 Å². The van der Waals surface area contributed by atoms with Crippen LogP contribution in [0.3, 0.4) is 0 Å². The summed E-state index contributed by atoms with van der Waals surface area (Å²) in [7, 11) is 0. The Balaban J connectivity index is 1.63. The van der Waals surface area contributed by atoms with Crippen molar-refractivity contribution in [1.82, 2.24) is 5.32 Å². The molecule has 5 nitrogen and oxygen atoms in total. The molecule has 0 fully saturated rings. The number of ether oxygens (including phenoxy) is 2. The van der Waals surface area contributed by atoms with Gasteiger partial charge in [0.1, 0.15) is 12.6 Å². The molecule has 28 heavy (non-hydrogen) atoms. The average Bonchev–Trinajstić information content (AvgIpc) is 3.03. The Labute approximate surface area is 165 Å². The maximum Gasteiger partial charge on any atom is 0.407 e. The van der Waals surface area contributed by atoms with Crippen molar-refractivity contribution < 1.29 is 24.8 Å². The molecule has 0 spiro atoms. The van der Waals surface area contributed by atoms with Crippen LogP contribution < -0.4 is 5.32 Å². The number of fused-ring (bicyclic) bond motifs is 3. The molecule has 0 bridgehead atoms. The third-order valence-corrected chi connectivity index (χ3v) is 4.55. The third-order valence-electron chi connectivity index (χ3n) is 4.55. The molecule has 6 heteroatoms. The molecule has 2 aromatic rings. The number of hydrogen-bond donors (Lipinski definition) is 1. The lowest BCUT2D eigenvalue weighted by Crippen LogP contribution is -2.44. The molecule has 0 saturated heterocycles. The van der Waals surface area contributed by atoms with Crippen LogP contribution in [0.5, 0.6) is 0 Å². The van der Waals surface area contributed by atoms with Gasteiger partial charge in [0.25, 0.3) is 0 Å². The molecule has 148 valence electrons. The van der Waals surface area contributed by atoms with E-state index in [1.54, 1.807) is 13.8 Å². The maximum atomic E-state index is 13.3. The summed E-state index contributed by atoms with van der Waals surface area (Å²) in [5, 5.41) is 2.21. The van der Waals surface area contributed by atoms with Crippen molar-refractivity contribution in [2.24, 2.45) is 0 Å². The molecule has 1 N–H and O–H groups in total. The molecule has 1 atom stereocenters. The maximum absolute atomic E-state index is 13.3. The first kappa shape index (κ1) is 18.6. The van der Waals surface area contributed by atoms with E-state index in [-0.39, 0.29) is 26.0 Å². The van der Waals surface area contributed by atoms with Gasteiger partial charge in [-0.05, 0) is 43.0 Å². The van der Waals surface area contributed by atoms with Gasteiger partial charge in [0, 0.05) is 7.29 Å². The van der Waals surface area contributed by atoms with Crippen molar-refractivity contribution in [3.63, 3.8) is 0 Å². The van der Waals surface area contributed by atoms with Crippen LogP contribution in [0.4, 0.5) is 9.18 Å². The smallest absolute Gasteiger partial charge is 0.407 e. The summed E-state index contributed by atoms with van der Waals surface area (Å²) in [6.07, 6.45) is -0.893. The number of alkyl carbamates (subject to hydrolysis) is 1. The van der Waals surface area contributed by atoms with Gasteiger partial charge in [0.05, 0.1) is 12.2 Å². The fourth-order valence-electron chi connectivity index (χ4n) is 3.26. The first-order valence-corrected chi connectivity index (χ1v) is 9.06. The van der Waals surface area contributed by atoms with E-state index >= 15 is 0 Å². The quantitative estimate of drug-likeness (QED) is 0.756. The van der Waals surface area contributed by atoms with E-state index in [4.69, 9.17) is 10.8 Å². The molecule has 1 amide bonds. The average molecular weight is 386 g/mol. The molecule has 0 radical (unpaired) electrons. The predicted molar refractivity (Wildman–Crippen MR) is 104 cm³/mol. The monoisotopic (exact) mass is 386 g/mol. The van der Waals surface area contributed by atoms with Gasteiger partial charge in [0.2, 0.25) is 0 Å². The molecule has 0 aromatic heterocycles. The normalized spacial score (nSPS) is 14.6. The number of halogens is 1. The Bertz CT molecular complexity index is 856. The zero-order chi connectivity index (χ0) is 21.0. The largest absolute Gasteiger partial charge is 0.449 e. The zero-order valence-corrected chi connectivity index (χ0v) is 15.9. The second kappa shape index (κ2) is 8.10. The van der Waals surface area contributed by atoms with Crippen molar-refractivity contribution in [2.45, 2.75) is 38.3 Å². The highest BCUT2D eigenvalue weighted by atomic mass is 19.1. The van der Waals surface area contributed by atoms with Gasteiger partial charge in [-0.3, -0.25) is 4.79 Å². The highest BCUT2D eigenvalue weighted by Gasteiger charge is 2.30. The van der Waals surface area contributed by atoms with Gasteiger partial charge in [-0.2, -0.15) is 4.39 Å². The fourth-order valence-corrected chi connectivity index (χ4v) is 3.26. The van der Waals surface area contributed by atoms with E-state index in [2.05, 4.69) is 5.32 Å². The number of benzene rings is 2. The van der Waals surface area contributed by atoms with Crippen molar-refractivity contribution in [2.75, 3.05) is 13.2 Å². The molecule has 0 saturated carbocycles. The van der Waals surface area contributed by atoms with Crippen LogP contribution in [0, 0.1) is 0 Å².